The zero-order chi connectivity index (χ0) is 15.8. The first kappa shape index (κ1) is 19.9. The maximum atomic E-state index is 4.22. The van der Waals surface area contributed by atoms with Crippen LogP contribution in [0.2, 0.25) is 0 Å². The van der Waals surface area contributed by atoms with Crippen LogP contribution in [-0.2, 0) is 0 Å². The lowest BCUT2D eigenvalue weighted by Crippen LogP contribution is -2.06. The first-order valence-corrected chi connectivity index (χ1v) is 8.76. The first-order chi connectivity index (χ1) is 10.3. The van der Waals surface area contributed by atoms with Crippen LogP contribution in [-0.4, -0.2) is 6.21 Å². The van der Waals surface area contributed by atoms with Crippen molar-refractivity contribution in [3.63, 3.8) is 0 Å². The third kappa shape index (κ3) is 11.2. The van der Waals surface area contributed by atoms with E-state index in [1.807, 2.05) is 12.3 Å². The minimum atomic E-state index is 0.625. The van der Waals surface area contributed by atoms with Crippen LogP contribution in [0.3, 0.4) is 0 Å². The second kappa shape index (κ2) is 15.3. The molecule has 0 fully saturated rings. The smallest absolute Gasteiger partial charge is 0.0302 e. The quantitative estimate of drug-likeness (QED) is 0.188. The zero-order valence-corrected chi connectivity index (χ0v) is 14.3. The summed E-state index contributed by atoms with van der Waals surface area (Å²) in [7, 11) is 0. The van der Waals surface area contributed by atoms with Crippen molar-refractivity contribution in [1.29, 1.82) is 0 Å². The van der Waals surface area contributed by atoms with Crippen molar-refractivity contribution in [2.45, 2.75) is 78.1 Å². The fourth-order valence-corrected chi connectivity index (χ4v) is 2.67. The number of nitrogens with zero attached hydrogens (tertiary/aromatic N) is 1. The van der Waals surface area contributed by atoms with Crippen molar-refractivity contribution >= 4 is 6.21 Å². The number of hydrogen-bond acceptors (Lipinski definition) is 1. The van der Waals surface area contributed by atoms with Crippen LogP contribution in [0.15, 0.2) is 42.1 Å². The fraction of sp³-hybridized carbons (Fsp3) is 0.650. The second-order valence-electron chi connectivity index (χ2n) is 5.76. The molecule has 0 aromatic heterocycles. The van der Waals surface area contributed by atoms with Gasteiger partial charge in [0.2, 0.25) is 0 Å². The predicted molar refractivity (Wildman–Crippen MR) is 98.0 cm³/mol. The van der Waals surface area contributed by atoms with Crippen LogP contribution in [0.1, 0.15) is 78.1 Å². The van der Waals surface area contributed by atoms with Crippen molar-refractivity contribution < 1.29 is 0 Å². The molecule has 0 amide bonds. The maximum Gasteiger partial charge on any atom is 0.0302 e. The van der Waals surface area contributed by atoms with Gasteiger partial charge < -0.3 is 0 Å². The summed E-state index contributed by atoms with van der Waals surface area (Å²) in [5.41, 5.74) is 1.32. The van der Waals surface area contributed by atoms with Gasteiger partial charge in [-0.25, -0.2) is 0 Å². The molecular formula is C20H35N. The monoisotopic (exact) mass is 289 g/mol. The van der Waals surface area contributed by atoms with Gasteiger partial charge in [0, 0.05) is 12.4 Å². The van der Waals surface area contributed by atoms with E-state index in [-0.39, 0.29) is 0 Å². The van der Waals surface area contributed by atoms with E-state index in [1.165, 1.54) is 69.8 Å². The molecule has 0 saturated carbocycles. The predicted octanol–water partition coefficient (Wildman–Crippen LogP) is 6.87. The van der Waals surface area contributed by atoms with Gasteiger partial charge >= 0.3 is 0 Å². The third-order valence-electron chi connectivity index (χ3n) is 3.92. The molecule has 0 aromatic rings. The molecule has 0 bridgehead atoms. The molecule has 21 heavy (non-hydrogen) atoms. The second-order valence-corrected chi connectivity index (χ2v) is 5.76. The summed E-state index contributed by atoms with van der Waals surface area (Å²) in [6.45, 7) is 12.1. The Labute approximate surface area is 132 Å². The highest BCUT2D eigenvalue weighted by molar-refractivity contribution is 5.80. The lowest BCUT2D eigenvalue weighted by atomic mass is 9.88. The van der Waals surface area contributed by atoms with E-state index in [0.717, 1.165) is 0 Å². The standard InChI is InChI=1S/C20H35N/c1-5-9-11-13-16-19(17-14-12-10-6-2)20(15-7-3)18-21-8-4/h7-8,15,18-19H,3-6,9-14,16-17H2,1-2H3/b20-15+,21-18?. The Hall–Kier alpha value is -1.11. The first-order valence-electron chi connectivity index (χ1n) is 8.76. The minimum absolute atomic E-state index is 0.625. The van der Waals surface area contributed by atoms with Gasteiger partial charge in [-0.15, -0.1) is 0 Å². The summed E-state index contributed by atoms with van der Waals surface area (Å²) in [6, 6.07) is 0. The van der Waals surface area contributed by atoms with Crippen molar-refractivity contribution in [2.24, 2.45) is 10.9 Å². The molecule has 0 saturated heterocycles. The van der Waals surface area contributed by atoms with Crippen LogP contribution in [0.25, 0.3) is 0 Å². The fourth-order valence-electron chi connectivity index (χ4n) is 2.67. The largest absolute Gasteiger partial charge is 0.265 e. The zero-order valence-electron chi connectivity index (χ0n) is 14.3. The van der Waals surface area contributed by atoms with Gasteiger partial charge in [-0.3, -0.25) is 4.99 Å². The molecule has 0 aliphatic heterocycles. The van der Waals surface area contributed by atoms with Crippen LogP contribution in [0.4, 0.5) is 0 Å². The molecule has 0 radical (unpaired) electrons. The van der Waals surface area contributed by atoms with E-state index < -0.39 is 0 Å². The van der Waals surface area contributed by atoms with Crippen LogP contribution in [0, 0.1) is 5.92 Å². The number of hydrogen-bond donors (Lipinski definition) is 0. The summed E-state index contributed by atoms with van der Waals surface area (Å²) < 4.78 is 0. The van der Waals surface area contributed by atoms with Gasteiger partial charge in [-0.1, -0.05) is 90.5 Å². The van der Waals surface area contributed by atoms with Gasteiger partial charge in [-0.2, -0.15) is 0 Å². The highest BCUT2D eigenvalue weighted by atomic mass is 14.7. The van der Waals surface area contributed by atoms with Gasteiger partial charge in [0.15, 0.2) is 0 Å². The average Bonchev–Trinajstić information content (AvgIpc) is 2.50. The number of aliphatic imine (C=N–C) groups is 1. The molecule has 1 heteroatoms. The Morgan fingerprint density at radius 2 is 1.48 bits per heavy atom. The Balaban J connectivity index is 4.55. The van der Waals surface area contributed by atoms with Crippen LogP contribution >= 0.6 is 0 Å². The van der Waals surface area contributed by atoms with E-state index in [4.69, 9.17) is 0 Å². The van der Waals surface area contributed by atoms with Crippen molar-refractivity contribution in [1.82, 2.24) is 0 Å². The number of rotatable bonds is 14. The number of unbranched alkanes of at least 4 members (excludes halogenated alkanes) is 6. The van der Waals surface area contributed by atoms with E-state index in [2.05, 4.69) is 38.1 Å². The van der Waals surface area contributed by atoms with Gasteiger partial charge in [0.25, 0.3) is 0 Å². The molecule has 0 aliphatic carbocycles. The molecule has 0 aliphatic rings. The Kier molecular flexibility index (Phi) is 14.5. The van der Waals surface area contributed by atoms with E-state index in [9.17, 15) is 0 Å². The van der Waals surface area contributed by atoms with E-state index >= 15 is 0 Å². The van der Waals surface area contributed by atoms with Gasteiger partial charge in [0.1, 0.15) is 0 Å². The van der Waals surface area contributed by atoms with Crippen LogP contribution < -0.4 is 0 Å². The molecule has 0 rings (SSSR count). The van der Waals surface area contributed by atoms with Crippen LogP contribution in [0.5, 0.6) is 0 Å². The normalized spacial score (nSPS) is 12.2. The van der Waals surface area contributed by atoms with Crippen molar-refractivity contribution in [3.8, 4) is 0 Å². The maximum absolute atomic E-state index is 4.22. The van der Waals surface area contributed by atoms with Gasteiger partial charge in [-0.05, 0) is 24.3 Å². The summed E-state index contributed by atoms with van der Waals surface area (Å²) in [4.78, 5) is 4.22. The summed E-state index contributed by atoms with van der Waals surface area (Å²) in [5.74, 6) is 0.625. The summed E-state index contributed by atoms with van der Waals surface area (Å²) in [6.07, 6.45) is 20.8. The lowest BCUT2D eigenvalue weighted by Gasteiger charge is -2.18. The molecule has 0 N–H and O–H groups in total. The highest BCUT2D eigenvalue weighted by Gasteiger charge is 2.12. The molecule has 1 nitrogen and oxygen atoms in total. The Morgan fingerprint density at radius 3 is 1.90 bits per heavy atom. The molecule has 0 unspecified atom stereocenters. The third-order valence-corrected chi connectivity index (χ3v) is 3.92. The minimum Gasteiger partial charge on any atom is -0.265 e. The lowest BCUT2D eigenvalue weighted by molar-refractivity contribution is 0.465. The molecule has 0 aromatic carbocycles. The average molecular weight is 290 g/mol. The van der Waals surface area contributed by atoms with E-state index in [1.54, 1.807) is 6.20 Å². The number of allylic oxidation sites excluding steroid dienone is 3. The topological polar surface area (TPSA) is 12.4 Å². The summed E-state index contributed by atoms with van der Waals surface area (Å²) >= 11 is 0. The van der Waals surface area contributed by atoms with E-state index in [0.29, 0.717) is 5.92 Å². The Morgan fingerprint density at radius 1 is 0.905 bits per heavy atom. The van der Waals surface area contributed by atoms with Crippen molar-refractivity contribution in [3.05, 3.63) is 37.1 Å². The molecule has 0 atom stereocenters. The SMILES string of the molecule is C=C/C=C(\C=NC=C)C(CCCCCC)CCCCCC. The molecule has 0 spiro atoms. The molecule has 0 heterocycles. The van der Waals surface area contributed by atoms with Crippen molar-refractivity contribution in [2.75, 3.05) is 0 Å². The molecular weight excluding hydrogens is 254 g/mol. The molecule has 120 valence electrons. The summed E-state index contributed by atoms with van der Waals surface area (Å²) in [5, 5.41) is 0. The highest BCUT2D eigenvalue weighted by Crippen LogP contribution is 2.24. The Bertz CT molecular complexity index is 300. The van der Waals surface area contributed by atoms with Gasteiger partial charge in [0.05, 0.1) is 0 Å².